The number of hydrogen-bond acceptors (Lipinski definition) is 6. The van der Waals surface area contributed by atoms with E-state index >= 15 is 0 Å². The van der Waals surface area contributed by atoms with Gasteiger partial charge in [-0.1, -0.05) is 12.1 Å². The standard InChI is InChI=1S/C20H26N2O5/c1-24-16-7-5-14(6-8-16)9-10-21-19(23)13-22-15-11-17(25-2)20(27-4)18(12-15)26-3/h5-8,11-12,22H,9-10,13H2,1-4H3,(H,21,23). The molecule has 0 heterocycles. The van der Waals surface area contributed by atoms with Gasteiger partial charge in [-0.3, -0.25) is 4.79 Å². The third-order valence-corrected chi connectivity index (χ3v) is 4.01. The Kier molecular flexibility index (Phi) is 7.61. The normalized spacial score (nSPS) is 10.1. The predicted molar refractivity (Wildman–Crippen MR) is 104 cm³/mol. The first-order valence-corrected chi connectivity index (χ1v) is 8.54. The van der Waals surface area contributed by atoms with Crippen LogP contribution in [0.3, 0.4) is 0 Å². The molecule has 0 bridgehead atoms. The van der Waals surface area contributed by atoms with E-state index in [1.54, 1.807) is 40.6 Å². The fourth-order valence-corrected chi connectivity index (χ4v) is 2.57. The molecule has 7 nitrogen and oxygen atoms in total. The van der Waals surface area contributed by atoms with Crippen LogP contribution >= 0.6 is 0 Å². The van der Waals surface area contributed by atoms with Crippen LogP contribution in [0.25, 0.3) is 0 Å². The summed E-state index contributed by atoms with van der Waals surface area (Å²) in [5, 5.41) is 5.95. The summed E-state index contributed by atoms with van der Waals surface area (Å²) in [6.07, 6.45) is 0.750. The van der Waals surface area contributed by atoms with Crippen LogP contribution in [-0.2, 0) is 11.2 Å². The number of hydrogen-bond donors (Lipinski definition) is 2. The Morgan fingerprint density at radius 3 is 2.04 bits per heavy atom. The van der Waals surface area contributed by atoms with E-state index in [1.165, 1.54) is 0 Å². The largest absolute Gasteiger partial charge is 0.497 e. The Balaban J connectivity index is 1.84. The minimum absolute atomic E-state index is 0.0998. The molecule has 2 aromatic carbocycles. The van der Waals surface area contributed by atoms with Crippen molar-refractivity contribution in [1.82, 2.24) is 5.32 Å². The maximum Gasteiger partial charge on any atom is 0.239 e. The van der Waals surface area contributed by atoms with Gasteiger partial charge in [-0.05, 0) is 24.1 Å². The first-order valence-electron chi connectivity index (χ1n) is 8.54. The second-order valence-corrected chi connectivity index (χ2v) is 5.72. The van der Waals surface area contributed by atoms with E-state index in [9.17, 15) is 4.79 Å². The lowest BCUT2D eigenvalue weighted by atomic mass is 10.1. The van der Waals surface area contributed by atoms with Crippen molar-refractivity contribution in [2.24, 2.45) is 0 Å². The van der Waals surface area contributed by atoms with Crippen molar-refractivity contribution in [1.29, 1.82) is 0 Å². The molecule has 0 radical (unpaired) electrons. The summed E-state index contributed by atoms with van der Waals surface area (Å²) in [6.45, 7) is 0.698. The van der Waals surface area contributed by atoms with Gasteiger partial charge in [0, 0.05) is 24.4 Å². The van der Waals surface area contributed by atoms with Crippen molar-refractivity contribution >= 4 is 11.6 Å². The van der Waals surface area contributed by atoms with Gasteiger partial charge in [-0.15, -0.1) is 0 Å². The van der Waals surface area contributed by atoms with Gasteiger partial charge in [-0.25, -0.2) is 0 Å². The van der Waals surface area contributed by atoms with Crippen LogP contribution in [-0.4, -0.2) is 47.4 Å². The number of anilines is 1. The third kappa shape index (κ3) is 5.70. The van der Waals surface area contributed by atoms with E-state index in [0.29, 0.717) is 29.5 Å². The van der Waals surface area contributed by atoms with Crippen molar-refractivity contribution in [3.05, 3.63) is 42.0 Å². The summed E-state index contributed by atoms with van der Waals surface area (Å²) in [5.41, 5.74) is 1.84. The molecule has 0 saturated heterocycles. The zero-order chi connectivity index (χ0) is 19.6. The Morgan fingerprint density at radius 2 is 1.52 bits per heavy atom. The van der Waals surface area contributed by atoms with E-state index in [2.05, 4.69) is 10.6 Å². The highest BCUT2D eigenvalue weighted by Gasteiger charge is 2.13. The summed E-state index contributed by atoms with van der Waals surface area (Å²) in [6, 6.07) is 11.3. The Morgan fingerprint density at radius 1 is 0.889 bits per heavy atom. The first-order chi connectivity index (χ1) is 13.1. The number of methoxy groups -OCH3 is 4. The fourth-order valence-electron chi connectivity index (χ4n) is 2.57. The molecule has 0 aliphatic rings. The summed E-state index contributed by atoms with van der Waals surface area (Å²) in [5.74, 6) is 2.28. The molecule has 0 spiro atoms. The zero-order valence-electron chi connectivity index (χ0n) is 16.1. The quantitative estimate of drug-likeness (QED) is 0.665. The van der Waals surface area contributed by atoms with Crippen LogP contribution in [0.4, 0.5) is 5.69 Å². The highest BCUT2D eigenvalue weighted by Crippen LogP contribution is 2.39. The van der Waals surface area contributed by atoms with Crippen LogP contribution in [0.15, 0.2) is 36.4 Å². The molecule has 0 fully saturated rings. The number of carbonyl (C=O) groups excluding carboxylic acids is 1. The van der Waals surface area contributed by atoms with Crippen molar-refractivity contribution in [3.8, 4) is 23.0 Å². The van der Waals surface area contributed by atoms with E-state index in [-0.39, 0.29) is 12.5 Å². The topological polar surface area (TPSA) is 78.1 Å². The number of benzene rings is 2. The van der Waals surface area contributed by atoms with E-state index in [1.807, 2.05) is 24.3 Å². The number of rotatable bonds is 10. The van der Waals surface area contributed by atoms with Gasteiger partial charge in [0.15, 0.2) is 11.5 Å². The maximum absolute atomic E-state index is 12.1. The van der Waals surface area contributed by atoms with E-state index < -0.39 is 0 Å². The summed E-state index contributed by atoms with van der Waals surface area (Å²) < 4.78 is 21.0. The molecule has 0 saturated carbocycles. The molecule has 2 aromatic rings. The predicted octanol–water partition coefficient (Wildman–Crippen LogP) is 2.49. The van der Waals surface area contributed by atoms with Gasteiger partial charge < -0.3 is 29.6 Å². The summed E-state index contributed by atoms with van der Waals surface area (Å²) in [4.78, 5) is 12.1. The number of ether oxygens (including phenoxy) is 4. The summed E-state index contributed by atoms with van der Waals surface area (Å²) in [7, 11) is 6.28. The minimum atomic E-state index is -0.0998. The molecule has 1 amide bonds. The molecular weight excluding hydrogens is 348 g/mol. The Hall–Kier alpha value is -3.09. The van der Waals surface area contributed by atoms with Gasteiger partial charge in [0.05, 0.1) is 35.0 Å². The van der Waals surface area contributed by atoms with Gasteiger partial charge in [0.2, 0.25) is 11.7 Å². The summed E-state index contributed by atoms with van der Waals surface area (Å²) >= 11 is 0. The van der Waals surface area contributed by atoms with Crippen molar-refractivity contribution in [3.63, 3.8) is 0 Å². The lowest BCUT2D eigenvalue weighted by Crippen LogP contribution is -2.31. The second kappa shape index (κ2) is 10.2. The van der Waals surface area contributed by atoms with Crippen molar-refractivity contribution in [2.75, 3.05) is 46.8 Å². The van der Waals surface area contributed by atoms with Crippen LogP contribution < -0.4 is 29.6 Å². The highest BCUT2D eigenvalue weighted by atomic mass is 16.5. The molecule has 0 aliphatic heterocycles. The van der Waals surface area contributed by atoms with Crippen LogP contribution in [0.5, 0.6) is 23.0 Å². The third-order valence-electron chi connectivity index (χ3n) is 4.01. The molecule has 0 atom stereocenters. The lowest BCUT2D eigenvalue weighted by Gasteiger charge is -2.15. The van der Waals surface area contributed by atoms with Crippen molar-refractivity contribution < 1.29 is 23.7 Å². The van der Waals surface area contributed by atoms with Gasteiger partial charge in [-0.2, -0.15) is 0 Å². The first kappa shape index (κ1) is 20.2. The van der Waals surface area contributed by atoms with Gasteiger partial charge in [0.25, 0.3) is 0 Å². The number of nitrogens with one attached hydrogen (secondary N) is 2. The SMILES string of the molecule is COc1ccc(CCNC(=O)CNc2cc(OC)c(OC)c(OC)c2)cc1. The molecular formula is C20H26N2O5. The fraction of sp³-hybridized carbons (Fsp3) is 0.350. The van der Waals surface area contributed by atoms with Crippen LogP contribution in [0, 0.1) is 0 Å². The molecule has 0 aliphatic carbocycles. The average molecular weight is 374 g/mol. The lowest BCUT2D eigenvalue weighted by molar-refractivity contribution is -0.119. The van der Waals surface area contributed by atoms with Gasteiger partial charge >= 0.3 is 0 Å². The van der Waals surface area contributed by atoms with E-state index in [0.717, 1.165) is 17.7 Å². The molecule has 27 heavy (non-hydrogen) atoms. The molecule has 2 N–H and O–H groups in total. The van der Waals surface area contributed by atoms with Gasteiger partial charge in [0.1, 0.15) is 5.75 Å². The minimum Gasteiger partial charge on any atom is -0.497 e. The maximum atomic E-state index is 12.1. The molecule has 146 valence electrons. The monoisotopic (exact) mass is 374 g/mol. The Bertz CT molecular complexity index is 722. The zero-order valence-corrected chi connectivity index (χ0v) is 16.1. The molecule has 0 aromatic heterocycles. The van der Waals surface area contributed by atoms with Crippen LogP contribution in [0.2, 0.25) is 0 Å². The molecule has 2 rings (SSSR count). The molecule has 7 heteroatoms. The number of carbonyl (C=O) groups is 1. The Labute approximate surface area is 159 Å². The number of amides is 1. The second-order valence-electron chi connectivity index (χ2n) is 5.72. The van der Waals surface area contributed by atoms with Crippen molar-refractivity contribution in [2.45, 2.75) is 6.42 Å². The van der Waals surface area contributed by atoms with Crippen LogP contribution in [0.1, 0.15) is 5.56 Å². The molecule has 0 unspecified atom stereocenters. The highest BCUT2D eigenvalue weighted by molar-refractivity contribution is 5.81. The smallest absolute Gasteiger partial charge is 0.239 e. The average Bonchev–Trinajstić information content (AvgIpc) is 2.71. The van der Waals surface area contributed by atoms with E-state index in [4.69, 9.17) is 18.9 Å².